The smallest absolute Gasteiger partial charge is 0.328 e. The van der Waals surface area contributed by atoms with Crippen molar-refractivity contribution in [3.63, 3.8) is 0 Å². The summed E-state index contributed by atoms with van der Waals surface area (Å²) in [5, 5.41) is 10.5. The molecule has 0 atom stereocenters. The van der Waals surface area contributed by atoms with Crippen LogP contribution in [-0.4, -0.2) is 24.5 Å². The van der Waals surface area contributed by atoms with E-state index >= 15 is 0 Å². The normalized spacial score (nSPS) is 11.6. The van der Waals surface area contributed by atoms with E-state index in [1.165, 1.54) is 41.8 Å². The maximum absolute atomic E-state index is 12.1. The number of nitrogens with one attached hydrogen (secondary N) is 1. The molecule has 6 nitrogen and oxygen atoms in total. The summed E-state index contributed by atoms with van der Waals surface area (Å²) in [6, 6.07) is 5.96. The predicted octanol–water partition coefficient (Wildman–Crippen LogP) is 2.04. The molecule has 0 spiro atoms. The lowest BCUT2D eigenvalue weighted by Gasteiger charge is -2.05. The van der Waals surface area contributed by atoms with E-state index in [1.807, 2.05) is 0 Å². The van der Waals surface area contributed by atoms with Crippen molar-refractivity contribution < 1.29 is 18.3 Å². The zero-order valence-electron chi connectivity index (χ0n) is 10.1. The third-order valence-corrected chi connectivity index (χ3v) is 4.40. The number of hydrogen-bond acceptors (Lipinski definition) is 5. The Bertz CT molecular complexity index is 737. The predicted molar refractivity (Wildman–Crippen MR) is 76.0 cm³/mol. The SMILES string of the molecule is O=C(O)C=Cc1cccc(S(=O)(=O)Nc2nccs2)c1. The van der Waals surface area contributed by atoms with E-state index < -0.39 is 16.0 Å². The van der Waals surface area contributed by atoms with Gasteiger partial charge in [0.25, 0.3) is 10.0 Å². The molecule has 0 bridgehead atoms. The van der Waals surface area contributed by atoms with Crippen molar-refractivity contribution >= 4 is 38.5 Å². The van der Waals surface area contributed by atoms with Gasteiger partial charge in [-0.15, -0.1) is 11.3 Å². The van der Waals surface area contributed by atoms with E-state index in [4.69, 9.17) is 5.11 Å². The topological polar surface area (TPSA) is 96.4 Å². The van der Waals surface area contributed by atoms with Crippen molar-refractivity contribution in [1.29, 1.82) is 0 Å². The Hall–Kier alpha value is -2.19. The maximum Gasteiger partial charge on any atom is 0.328 e. The molecule has 1 heterocycles. The molecule has 0 aliphatic rings. The van der Waals surface area contributed by atoms with E-state index in [2.05, 4.69) is 9.71 Å². The van der Waals surface area contributed by atoms with Crippen molar-refractivity contribution in [2.24, 2.45) is 0 Å². The number of benzene rings is 1. The van der Waals surface area contributed by atoms with E-state index in [0.29, 0.717) is 5.56 Å². The lowest BCUT2D eigenvalue weighted by atomic mass is 10.2. The van der Waals surface area contributed by atoms with Crippen molar-refractivity contribution in [3.05, 3.63) is 47.5 Å². The maximum atomic E-state index is 12.1. The monoisotopic (exact) mass is 310 g/mol. The van der Waals surface area contributed by atoms with Crippen LogP contribution in [0.2, 0.25) is 0 Å². The fourth-order valence-electron chi connectivity index (χ4n) is 1.40. The second-order valence-electron chi connectivity index (χ2n) is 3.69. The van der Waals surface area contributed by atoms with Gasteiger partial charge in [0.2, 0.25) is 0 Å². The molecule has 0 amide bonds. The Balaban J connectivity index is 2.28. The second kappa shape index (κ2) is 5.85. The second-order valence-corrected chi connectivity index (χ2v) is 6.26. The van der Waals surface area contributed by atoms with Crippen LogP contribution in [-0.2, 0) is 14.8 Å². The lowest BCUT2D eigenvalue weighted by molar-refractivity contribution is -0.131. The molecule has 8 heteroatoms. The van der Waals surface area contributed by atoms with Crippen molar-refractivity contribution in [3.8, 4) is 0 Å². The minimum atomic E-state index is -3.73. The minimum absolute atomic E-state index is 0.0419. The van der Waals surface area contributed by atoms with Crippen molar-refractivity contribution in [2.75, 3.05) is 4.72 Å². The summed E-state index contributed by atoms with van der Waals surface area (Å²) in [4.78, 5) is 14.3. The molecule has 2 aromatic rings. The van der Waals surface area contributed by atoms with E-state index in [-0.39, 0.29) is 10.0 Å². The molecule has 0 radical (unpaired) electrons. The van der Waals surface area contributed by atoms with Crippen molar-refractivity contribution in [1.82, 2.24) is 4.98 Å². The van der Waals surface area contributed by atoms with Crippen LogP contribution in [0.15, 0.2) is 46.8 Å². The van der Waals surface area contributed by atoms with Gasteiger partial charge in [-0.3, -0.25) is 4.72 Å². The number of carboxylic acids is 1. The number of carboxylic acid groups (broad SMARTS) is 1. The van der Waals surface area contributed by atoms with Crippen LogP contribution >= 0.6 is 11.3 Å². The molecular weight excluding hydrogens is 300 g/mol. The Morgan fingerprint density at radius 3 is 2.85 bits per heavy atom. The number of aliphatic carboxylic acids is 1. The summed E-state index contributed by atoms with van der Waals surface area (Å²) in [5.74, 6) is -1.10. The molecule has 0 saturated carbocycles. The molecular formula is C12H10N2O4S2. The van der Waals surface area contributed by atoms with Gasteiger partial charge < -0.3 is 5.11 Å². The first-order chi connectivity index (χ1) is 9.47. The van der Waals surface area contributed by atoms with Gasteiger partial charge in [-0.2, -0.15) is 0 Å². The number of nitrogens with zero attached hydrogens (tertiary/aromatic N) is 1. The van der Waals surface area contributed by atoms with Gasteiger partial charge in [0.1, 0.15) is 0 Å². The van der Waals surface area contributed by atoms with Crippen LogP contribution in [0.5, 0.6) is 0 Å². The van der Waals surface area contributed by atoms with Gasteiger partial charge in [0.05, 0.1) is 4.90 Å². The third-order valence-electron chi connectivity index (χ3n) is 2.24. The molecule has 1 aromatic carbocycles. The molecule has 0 aliphatic heterocycles. The van der Waals surface area contributed by atoms with Crippen LogP contribution in [0.25, 0.3) is 6.08 Å². The van der Waals surface area contributed by atoms with Gasteiger partial charge >= 0.3 is 5.97 Å². The molecule has 0 unspecified atom stereocenters. The van der Waals surface area contributed by atoms with Crippen molar-refractivity contribution in [2.45, 2.75) is 4.90 Å². The van der Waals surface area contributed by atoms with E-state index in [0.717, 1.165) is 6.08 Å². The van der Waals surface area contributed by atoms with Crippen LogP contribution in [0, 0.1) is 0 Å². The molecule has 104 valence electrons. The number of anilines is 1. The lowest BCUT2D eigenvalue weighted by Crippen LogP contribution is -2.12. The number of carbonyl (C=O) groups is 1. The zero-order valence-corrected chi connectivity index (χ0v) is 11.7. The Labute approximate surface area is 119 Å². The molecule has 1 aromatic heterocycles. The Morgan fingerprint density at radius 1 is 1.40 bits per heavy atom. The standard InChI is InChI=1S/C12H10N2O4S2/c15-11(16)5-4-9-2-1-3-10(8-9)20(17,18)14-12-13-6-7-19-12/h1-8H,(H,13,14)(H,15,16). The largest absolute Gasteiger partial charge is 0.478 e. The highest BCUT2D eigenvalue weighted by Crippen LogP contribution is 2.19. The van der Waals surface area contributed by atoms with Gasteiger partial charge in [-0.1, -0.05) is 12.1 Å². The number of aromatic nitrogens is 1. The van der Waals surface area contributed by atoms with Crippen LogP contribution in [0.1, 0.15) is 5.56 Å². The number of rotatable bonds is 5. The fraction of sp³-hybridized carbons (Fsp3) is 0. The third kappa shape index (κ3) is 3.65. The van der Waals surface area contributed by atoms with E-state index in [9.17, 15) is 13.2 Å². The number of sulfonamides is 1. The van der Waals surface area contributed by atoms with Crippen LogP contribution in [0.3, 0.4) is 0 Å². The molecule has 0 fully saturated rings. The summed E-state index contributed by atoms with van der Waals surface area (Å²) >= 11 is 1.17. The molecule has 2 rings (SSSR count). The number of hydrogen-bond donors (Lipinski definition) is 2. The first-order valence-electron chi connectivity index (χ1n) is 5.41. The first-order valence-corrected chi connectivity index (χ1v) is 7.77. The van der Waals surface area contributed by atoms with Crippen LogP contribution in [0.4, 0.5) is 5.13 Å². The highest BCUT2D eigenvalue weighted by molar-refractivity contribution is 7.93. The summed E-state index contributed by atoms with van der Waals surface area (Å²) in [6.45, 7) is 0. The highest BCUT2D eigenvalue weighted by Gasteiger charge is 2.15. The van der Waals surface area contributed by atoms with Gasteiger partial charge in [0.15, 0.2) is 5.13 Å². The zero-order chi connectivity index (χ0) is 14.6. The first kappa shape index (κ1) is 14.2. The van der Waals surface area contributed by atoms with Gasteiger partial charge in [-0.25, -0.2) is 18.2 Å². The molecule has 2 N–H and O–H groups in total. The van der Waals surface area contributed by atoms with Gasteiger partial charge in [-0.05, 0) is 23.8 Å². The molecule has 0 aliphatic carbocycles. The Morgan fingerprint density at radius 2 is 2.20 bits per heavy atom. The molecule has 0 saturated heterocycles. The van der Waals surface area contributed by atoms with Gasteiger partial charge in [0, 0.05) is 17.7 Å². The summed E-state index contributed by atoms with van der Waals surface area (Å²) in [5.41, 5.74) is 0.481. The average molecular weight is 310 g/mol. The molecule has 20 heavy (non-hydrogen) atoms. The summed E-state index contributed by atoms with van der Waals surface area (Å²) in [7, 11) is -3.73. The number of thiazole rings is 1. The fourth-order valence-corrected chi connectivity index (χ4v) is 3.24. The summed E-state index contributed by atoms with van der Waals surface area (Å²) in [6.07, 6.45) is 3.76. The minimum Gasteiger partial charge on any atom is -0.478 e. The summed E-state index contributed by atoms with van der Waals surface area (Å²) < 4.78 is 26.6. The average Bonchev–Trinajstić information content (AvgIpc) is 2.89. The quantitative estimate of drug-likeness (QED) is 0.824. The Kier molecular flexibility index (Phi) is 4.16. The van der Waals surface area contributed by atoms with E-state index in [1.54, 1.807) is 11.4 Å². The highest BCUT2D eigenvalue weighted by atomic mass is 32.2. The van der Waals surface area contributed by atoms with Crippen LogP contribution < -0.4 is 4.72 Å².